The zero-order valence-corrected chi connectivity index (χ0v) is 10.4. The number of fused-ring (bicyclic) bond motifs is 1. The lowest BCUT2D eigenvalue weighted by atomic mass is 10.2. The molecule has 6 nitrogen and oxygen atoms in total. The van der Waals surface area contributed by atoms with E-state index in [0.717, 1.165) is 22.9 Å². The van der Waals surface area contributed by atoms with Gasteiger partial charge >= 0.3 is 0 Å². The van der Waals surface area contributed by atoms with E-state index < -0.39 is 0 Å². The van der Waals surface area contributed by atoms with Gasteiger partial charge in [0.2, 0.25) is 10.8 Å². The maximum atomic E-state index is 5.35. The molecule has 0 saturated carbocycles. The van der Waals surface area contributed by atoms with Crippen molar-refractivity contribution in [2.45, 2.75) is 18.9 Å². The Balaban J connectivity index is 1.81. The van der Waals surface area contributed by atoms with Crippen molar-refractivity contribution in [1.29, 1.82) is 0 Å². The third-order valence-corrected chi connectivity index (χ3v) is 4.12. The lowest BCUT2D eigenvalue weighted by molar-refractivity contribution is 0.573. The van der Waals surface area contributed by atoms with E-state index in [9.17, 15) is 0 Å². The summed E-state index contributed by atoms with van der Waals surface area (Å²) in [5.41, 5.74) is 0. The standard InChI is InChI=1S/C11H11N5OS/c1-3-7(12-5-1)10-15-16-9(8-4-2-6-17-8)13-14-11(16)18-10/h2,4,6-7,12H,1,3,5H2. The van der Waals surface area contributed by atoms with Crippen LogP contribution in [0.2, 0.25) is 0 Å². The first kappa shape index (κ1) is 10.2. The average molecular weight is 261 g/mol. The van der Waals surface area contributed by atoms with Gasteiger partial charge in [0.05, 0.1) is 12.3 Å². The van der Waals surface area contributed by atoms with Gasteiger partial charge in [-0.2, -0.15) is 9.61 Å². The molecular formula is C11H11N5OS. The molecule has 1 unspecified atom stereocenters. The van der Waals surface area contributed by atoms with Crippen LogP contribution in [0, 0.1) is 0 Å². The number of rotatable bonds is 2. The van der Waals surface area contributed by atoms with Crippen molar-refractivity contribution in [1.82, 2.24) is 25.1 Å². The van der Waals surface area contributed by atoms with Gasteiger partial charge in [-0.1, -0.05) is 11.3 Å². The van der Waals surface area contributed by atoms with Crippen molar-refractivity contribution in [3.8, 4) is 11.6 Å². The van der Waals surface area contributed by atoms with Gasteiger partial charge in [-0.3, -0.25) is 0 Å². The monoisotopic (exact) mass is 261 g/mol. The first-order valence-electron chi connectivity index (χ1n) is 5.91. The second-order valence-electron chi connectivity index (χ2n) is 4.28. The highest BCUT2D eigenvalue weighted by atomic mass is 32.1. The Hall–Kier alpha value is -1.73. The average Bonchev–Trinajstić information content (AvgIpc) is 3.13. The van der Waals surface area contributed by atoms with Crippen molar-refractivity contribution in [2.24, 2.45) is 0 Å². The molecule has 1 aliphatic heterocycles. The van der Waals surface area contributed by atoms with Crippen LogP contribution in [0.5, 0.6) is 0 Å². The molecule has 0 radical (unpaired) electrons. The summed E-state index contributed by atoms with van der Waals surface area (Å²) in [4.78, 5) is 0.810. The third kappa shape index (κ3) is 1.48. The van der Waals surface area contributed by atoms with Crippen LogP contribution in [0.1, 0.15) is 23.9 Å². The highest BCUT2D eigenvalue weighted by Gasteiger charge is 2.22. The number of nitrogens with one attached hydrogen (secondary N) is 1. The summed E-state index contributed by atoms with van der Waals surface area (Å²) < 4.78 is 7.11. The van der Waals surface area contributed by atoms with Crippen molar-refractivity contribution in [3.63, 3.8) is 0 Å². The van der Waals surface area contributed by atoms with E-state index in [0.29, 0.717) is 17.6 Å². The molecule has 1 atom stereocenters. The molecule has 18 heavy (non-hydrogen) atoms. The van der Waals surface area contributed by atoms with Gasteiger partial charge in [0.1, 0.15) is 5.01 Å². The Morgan fingerprint density at radius 1 is 1.44 bits per heavy atom. The van der Waals surface area contributed by atoms with Crippen LogP contribution in [-0.2, 0) is 0 Å². The van der Waals surface area contributed by atoms with Gasteiger partial charge in [-0.05, 0) is 31.5 Å². The fraction of sp³-hybridized carbons (Fsp3) is 0.364. The van der Waals surface area contributed by atoms with Crippen molar-refractivity contribution >= 4 is 16.3 Å². The van der Waals surface area contributed by atoms with Gasteiger partial charge in [0.25, 0.3) is 0 Å². The van der Waals surface area contributed by atoms with Gasteiger partial charge in [-0.25, -0.2) is 0 Å². The van der Waals surface area contributed by atoms with Crippen LogP contribution < -0.4 is 5.32 Å². The minimum absolute atomic E-state index is 0.362. The number of hydrogen-bond donors (Lipinski definition) is 1. The number of aromatic nitrogens is 4. The third-order valence-electron chi connectivity index (χ3n) is 3.11. The molecule has 1 saturated heterocycles. The van der Waals surface area contributed by atoms with Crippen molar-refractivity contribution in [2.75, 3.05) is 6.54 Å². The normalized spacial score (nSPS) is 19.9. The lowest BCUT2D eigenvalue weighted by Crippen LogP contribution is -2.12. The van der Waals surface area contributed by atoms with E-state index in [1.807, 2.05) is 12.1 Å². The molecule has 3 aromatic rings. The molecular weight excluding hydrogens is 250 g/mol. The van der Waals surface area contributed by atoms with Gasteiger partial charge in [0, 0.05) is 0 Å². The topological polar surface area (TPSA) is 68.2 Å². The molecule has 0 aliphatic carbocycles. The highest BCUT2D eigenvalue weighted by Crippen LogP contribution is 2.28. The first-order chi connectivity index (χ1) is 8.92. The Labute approximate surface area is 107 Å². The van der Waals surface area contributed by atoms with Crippen LogP contribution in [0.3, 0.4) is 0 Å². The predicted octanol–water partition coefficient (Wildman–Crippen LogP) is 1.87. The fourth-order valence-corrected chi connectivity index (χ4v) is 3.18. The second kappa shape index (κ2) is 3.89. The fourth-order valence-electron chi connectivity index (χ4n) is 2.23. The van der Waals surface area contributed by atoms with E-state index in [4.69, 9.17) is 4.42 Å². The summed E-state index contributed by atoms with van der Waals surface area (Å²) >= 11 is 1.59. The zero-order chi connectivity index (χ0) is 11.9. The van der Waals surface area contributed by atoms with Crippen LogP contribution in [0.4, 0.5) is 0 Å². The van der Waals surface area contributed by atoms with Gasteiger partial charge in [-0.15, -0.1) is 10.2 Å². The SMILES string of the molecule is c1coc(-c2nnc3sc(C4CCCN4)nn23)c1. The molecule has 1 aliphatic rings. The van der Waals surface area contributed by atoms with E-state index in [-0.39, 0.29) is 0 Å². The molecule has 92 valence electrons. The molecule has 0 bridgehead atoms. The summed E-state index contributed by atoms with van der Waals surface area (Å²) in [6, 6.07) is 4.06. The summed E-state index contributed by atoms with van der Waals surface area (Å²) in [7, 11) is 0. The molecule has 1 fully saturated rings. The maximum Gasteiger partial charge on any atom is 0.235 e. The maximum absolute atomic E-state index is 5.35. The molecule has 0 amide bonds. The summed E-state index contributed by atoms with van der Waals surface area (Å²) in [5.74, 6) is 1.36. The molecule has 0 aromatic carbocycles. The van der Waals surface area contributed by atoms with Crippen LogP contribution in [0.15, 0.2) is 22.8 Å². The number of furan rings is 1. The largest absolute Gasteiger partial charge is 0.461 e. The van der Waals surface area contributed by atoms with Crippen molar-refractivity contribution in [3.05, 3.63) is 23.4 Å². The Morgan fingerprint density at radius 3 is 3.22 bits per heavy atom. The Kier molecular flexibility index (Phi) is 2.21. The summed E-state index contributed by atoms with van der Waals surface area (Å²) in [6.45, 7) is 1.07. The molecule has 7 heteroatoms. The van der Waals surface area contributed by atoms with Gasteiger partial charge in [0.15, 0.2) is 5.76 Å². The number of nitrogens with zero attached hydrogens (tertiary/aromatic N) is 4. The minimum Gasteiger partial charge on any atom is -0.461 e. The highest BCUT2D eigenvalue weighted by molar-refractivity contribution is 7.16. The number of hydrogen-bond acceptors (Lipinski definition) is 6. The summed E-state index contributed by atoms with van der Waals surface area (Å²) in [5, 5.41) is 17.4. The second-order valence-corrected chi connectivity index (χ2v) is 5.27. The molecule has 4 rings (SSSR count). The van der Waals surface area contributed by atoms with E-state index in [2.05, 4.69) is 20.6 Å². The Bertz CT molecular complexity index is 665. The molecule has 3 aromatic heterocycles. The Morgan fingerprint density at radius 2 is 2.44 bits per heavy atom. The van der Waals surface area contributed by atoms with Crippen molar-refractivity contribution < 1.29 is 4.42 Å². The minimum atomic E-state index is 0.362. The van der Waals surface area contributed by atoms with E-state index in [1.165, 1.54) is 6.42 Å². The van der Waals surface area contributed by atoms with E-state index >= 15 is 0 Å². The molecule has 0 spiro atoms. The first-order valence-corrected chi connectivity index (χ1v) is 6.73. The smallest absolute Gasteiger partial charge is 0.235 e. The van der Waals surface area contributed by atoms with Crippen LogP contribution >= 0.6 is 11.3 Å². The van der Waals surface area contributed by atoms with E-state index in [1.54, 1.807) is 22.1 Å². The van der Waals surface area contributed by atoms with Crippen LogP contribution in [0.25, 0.3) is 16.5 Å². The summed E-state index contributed by atoms with van der Waals surface area (Å²) in [6.07, 6.45) is 3.97. The van der Waals surface area contributed by atoms with Gasteiger partial charge < -0.3 is 9.73 Å². The van der Waals surface area contributed by atoms with Crippen LogP contribution in [-0.4, -0.2) is 26.4 Å². The quantitative estimate of drug-likeness (QED) is 0.762. The lowest BCUT2D eigenvalue weighted by Gasteiger charge is -2.03. The molecule has 1 N–H and O–H groups in total. The zero-order valence-electron chi connectivity index (χ0n) is 9.54. The predicted molar refractivity (Wildman–Crippen MR) is 66.3 cm³/mol. The molecule has 4 heterocycles.